The van der Waals surface area contributed by atoms with Gasteiger partial charge in [0.2, 0.25) is 0 Å². The standard InChI is InChI=1S/C33H40N2O3/c1-4-37-32(36)11-7-8-23(2)25-13-12-24(3)26(20-25)21-35-33(17-18-33)30-22-34-19-16-28(30)29-9-5-6-10-31(29)38-27-14-15-27/h5-6,9-10,12-13,16,19-20,22-23,27,35H,4,7-8,11,14-15,17-18,21H2,1-3H3. The second-order valence-electron chi connectivity index (χ2n) is 11.0. The Kier molecular flexibility index (Phi) is 8.13. The molecule has 0 saturated heterocycles. The highest BCUT2D eigenvalue weighted by atomic mass is 16.5. The number of pyridine rings is 1. The van der Waals surface area contributed by atoms with Crippen LogP contribution in [0.2, 0.25) is 0 Å². The number of esters is 1. The third kappa shape index (κ3) is 6.27. The molecule has 38 heavy (non-hydrogen) atoms. The van der Waals surface area contributed by atoms with Crippen molar-refractivity contribution in [1.29, 1.82) is 0 Å². The third-order valence-electron chi connectivity index (χ3n) is 7.96. The second kappa shape index (κ2) is 11.7. The predicted molar refractivity (Wildman–Crippen MR) is 151 cm³/mol. The van der Waals surface area contributed by atoms with Crippen molar-refractivity contribution in [3.05, 3.63) is 83.2 Å². The van der Waals surface area contributed by atoms with E-state index in [9.17, 15) is 4.79 Å². The maximum Gasteiger partial charge on any atom is 0.305 e. The quantitative estimate of drug-likeness (QED) is 0.245. The van der Waals surface area contributed by atoms with Crippen LogP contribution in [0, 0.1) is 6.92 Å². The van der Waals surface area contributed by atoms with Crippen LogP contribution >= 0.6 is 0 Å². The fraction of sp³-hybridized carbons (Fsp3) is 0.455. The van der Waals surface area contributed by atoms with Crippen LogP contribution < -0.4 is 10.1 Å². The summed E-state index contributed by atoms with van der Waals surface area (Å²) in [5, 5.41) is 3.92. The van der Waals surface area contributed by atoms with E-state index in [1.807, 2.05) is 19.3 Å². The zero-order valence-electron chi connectivity index (χ0n) is 23.0. The zero-order valence-corrected chi connectivity index (χ0v) is 23.0. The number of nitrogens with zero attached hydrogens (tertiary/aromatic N) is 1. The van der Waals surface area contributed by atoms with Gasteiger partial charge in [0.05, 0.1) is 12.7 Å². The number of carbonyl (C=O) groups excluding carboxylic acids is 1. The molecule has 1 heterocycles. The van der Waals surface area contributed by atoms with Crippen molar-refractivity contribution in [3.63, 3.8) is 0 Å². The minimum Gasteiger partial charge on any atom is -0.490 e. The summed E-state index contributed by atoms with van der Waals surface area (Å²) in [6.07, 6.45) is 11.1. The van der Waals surface area contributed by atoms with Crippen molar-refractivity contribution >= 4 is 5.97 Å². The summed E-state index contributed by atoms with van der Waals surface area (Å²) in [5.41, 5.74) is 7.51. The Balaban J connectivity index is 1.29. The Bertz CT molecular complexity index is 1260. The van der Waals surface area contributed by atoms with Gasteiger partial charge in [0.25, 0.3) is 0 Å². The number of hydrogen-bond acceptors (Lipinski definition) is 5. The van der Waals surface area contributed by atoms with E-state index in [1.54, 1.807) is 0 Å². The summed E-state index contributed by atoms with van der Waals surface area (Å²) in [5.74, 6) is 1.27. The number of benzene rings is 2. The molecule has 200 valence electrons. The third-order valence-corrected chi connectivity index (χ3v) is 7.96. The van der Waals surface area contributed by atoms with Gasteiger partial charge in [0.1, 0.15) is 5.75 Å². The SMILES string of the molecule is CCOC(=O)CCCC(C)c1ccc(C)c(CNC2(c3cnccc3-c3ccccc3OC3CC3)CC2)c1. The van der Waals surface area contributed by atoms with Crippen LogP contribution in [0.1, 0.15) is 87.0 Å². The maximum absolute atomic E-state index is 11.7. The lowest BCUT2D eigenvalue weighted by Crippen LogP contribution is -2.29. The Morgan fingerprint density at radius 3 is 2.71 bits per heavy atom. The van der Waals surface area contributed by atoms with E-state index in [0.717, 1.165) is 56.4 Å². The van der Waals surface area contributed by atoms with Crippen LogP contribution in [0.15, 0.2) is 60.9 Å². The predicted octanol–water partition coefficient (Wildman–Crippen LogP) is 7.21. The van der Waals surface area contributed by atoms with Crippen LogP contribution in [-0.2, 0) is 21.6 Å². The molecule has 5 rings (SSSR count). The van der Waals surface area contributed by atoms with Gasteiger partial charge >= 0.3 is 5.97 Å². The van der Waals surface area contributed by atoms with E-state index in [4.69, 9.17) is 9.47 Å². The second-order valence-corrected chi connectivity index (χ2v) is 11.0. The topological polar surface area (TPSA) is 60.5 Å². The summed E-state index contributed by atoms with van der Waals surface area (Å²) in [6.45, 7) is 7.55. The minimum atomic E-state index is -0.0975. The number of aromatic nitrogens is 1. The summed E-state index contributed by atoms with van der Waals surface area (Å²) in [7, 11) is 0. The lowest BCUT2D eigenvalue weighted by atomic mass is 9.92. The molecular formula is C33H40N2O3. The van der Waals surface area contributed by atoms with Gasteiger partial charge in [-0.25, -0.2) is 0 Å². The van der Waals surface area contributed by atoms with E-state index < -0.39 is 0 Å². The molecule has 1 atom stereocenters. The molecule has 2 aliphatic carbocycles. The molecule has 0 bridgehead atoms. The molecule has 5 heteroatoms. The Morgan fingerprint density at radius 2 is 1.95 bits per heavy atom. The molecule has 2 aromatic carbocycles. The monoisotopic (exact) mass is 512 g/mol. The largest absolute Gasteiger partial charge is 0.490 e. The highest BCUT2D eigenvalue weighted by Crippen LogP contribution is 2.50. The molecule has 2 fully saturated rings. The summed E-state index contributed by atoms with van der Waals surface area (Å²) < 4.78 is 11.3. The first kappa shape index (κ1) is 26.4. The van der Waals surface area contributed by atoms with E-state index in [0.29, 0.717) is 25.0 Å². The Morgan fingerprint density at radius 1 is 1.13 bits per heavy atom. The van der Waals surface area contributed by atoms with Crippen molar-refractivity contribution in [2.75, 3.05) is 6.61 Å². The molecule has 3 aromatic rings. The van der Waals surface area contributed by atoms with Crippen LogP contribution in [0.4, 0.5) is 0 Å². The molecule has 0 spiro atoms. The van der Waals surface area contributed by atoms with Crippen LogP contribution in [0.3, 0.4) is 0 Å². The molecule has 2 aliphatic rings. The first-order valence-electron chi connectivity index (χ1n) is 14.2. The molecule has 2 saturated carbocycles. The maximum atomic E-state index is 11.7. The molecule has 1 aromatic heterocycles. The zero-order chi connectivity index (χ0) is 26.5. The highest BCUT2D eigenvalue weighted by molar-refractivity contribution is 5.74. The van der Waals surface area contributed by atoms with Gasteiger partial charge in [-0.2, -0.15) is 0 Å². The fourth-order valence-corrected chi connectivity index (χ4v) is 5.24. The fourth-order valence-electron chi connectivity index (χ4n) is 5.24. The first-order chi connectivity index (χ1) is 18.5. The Hall–Kier alpha value is -3.18. The van der Waals surface area contributed by atoms with Gasteiger partial charge < -0.3 is 14.8 Å². The van der Waals surface area contributed by atoms with Gasteiger partial charge in [0.15, 0.2) is 0 Å². The van der Waals surface area contributed by atoms with Crippen LogP contribution in [0.5, 0.6) is 5.75 Å². The van der Waals surface area contributed by atoms with Crippen molar-refractivity contribution in [3.8, 4) is 16.9 Å². The van der Waals surface area contributed by atoms with Gasteiger partial charge in [-0.3, -0.25) is 9.78 Å². The number of hydrogen-bond donors (Lipinski definition) is 1. The average molecular weight is 513 g/mol. The van der Waals surface area contributed by atoms with Crippen molar-refractivity contribution < 1.29 is 14.3 Å². The van der Waals surface area contributed by atoms with Crippen molar-refractivity contribution in [1.82, 2.24) is 10.3 Å². The smallest absolute Gasteiger partial charge is 0.305 e. The number of para-hydroxylation sites is 1. The van der Waals surface area contributed by atoms with Crippen molar-refractivity contribution in [2.45, 2.75) is 89.8 Å². The summed E-state index contributed by atoms with van der Waals surface area (Å²) in [4.78, 5) is 16.2. The number of rotatable bonds is 13. The first-order valence-corrected chi connectivity index (χ1v) is 14.2. The highest BCUT2D eigenvalue weighted by Gasteiger charge is 2.45. The number of carbonyl (C=O) groups is 1. The summed E-state index contributed by atoms with van der Waals surface area (Å²) >= 11 is 0. The van der Waals surface area contributed by atoms with E-state index in [2.05, 4.69) is 72.7 Å². The van der Waals surface area contributed by atoms with Crippen molar-refractivity contribution in [2.24, 2.45) is 0 Å². The van der Waals surface area contributed by atoms with Gasteiger partial charge in [-0.1, -0.05) is 43.3 Å². The molecule has 1 unspecified atom stereocenters. The lowest BCUT2D eigenvalue weighted by molar-refractivity contribution is -0.143. The average Bonchev–Trinajstić information content (AvgIpc) is 3.86. The van der Waals surface area contributed by atoms with E-state index in [-0.39, 0.29) is 11.5 Å². The molecular weight excluding hydrogens is 472 g/mol. The lowest BCUT2D eigenvalue weighted by Gasteiger charge is -2.23. The van der Waals surface area contributed by atoms with Gasteiger partial charge in [-0.05, 0) is 98.2 Å². The molecule has 1 N–H and O–H groups in total. The number of nitrogens with one attached hydrogen (secondary N) is 1. The number of ether oxygens (including phenoxy) is 2. The Labute approximate surface area is 227 Å². The van der Waals surface area contributed by atoms with Crippen LogP contribution in [-0.4, -0.2) is 23.7 Å². The van der Waals surface area contributed by atoms with E-state index >= 15 is 0 Å². The molecule has 0 radical (unpaired) electrons. The molecule has 5 nitrogen and oxygen atoms in total. The normalized spacial score (nSPS) is 16.6. The molecule has 0 amide bonds. The minimum absolute atomic E-state index is 0.0655. The van der Waals surface area contributed by atoms with Crippen LogP contribution in [0.25, 0.3) is 11.1 Å². The van der Waals surface area contributed by atoms with Gasteiger partial charge in [-0.15, -0.1) is 0 Å². The van der Waals surface area contributed by atoms with E-state index in [1.165, 1.54) is 27.8 Å². The molecule has 0 aliphatic heterocycles. The van der Waals surface area contributed by atoms with Gasteiger partial charge in [0, 0.05) is 36.5 Å². The number of aryl methyl sites for hydroxylation is 1. The summed E-state index contributed by atoms with van der Waals surface area (Å²) in [6, 6.07) is 17.4.